The van der Waals surface area contributed by atoms with E-state index >= 15 is 0 Å². The van der Waals surface area contributed by atoms with Crippen molar-refractivity contribution >= 4 is 11.9 Å². The molecule has 1 saturated heterocycles. The van der Waals surface area contributed by atoms with Crippen LogP contribution in [0.3, 0.4) is 0 Å². The van der Waals surface area contributed by atoms with Crippen molar-refractivity contribution in [3.05, 3.63) is 83.4 Å². The summed E-state index contributed by atoms with van der Waals surface area (Å²) in [7, 11) is 1.72. The number of rotatable bonds is 8. The quantitative estimate of drug-likeness (QED) is 0.427. The molecule has 2 aromatic carbocycles. The Bertz CT molecular complexity index is 1360. The summed E-state index contributed by atoms with van der Waals surface area (Å²) in [5.41, 5.74) is 3.33. The van der Waals surface area contributed by atoms with Gasteiger partial charge in [-0.15, -0.1) is 13.2 Å². The molecule has 3 heterocycles. The van der Waals surface area contributed by atoms with Crippen LogP contribution in [0.4, 0.5) is 13.2 Å². The van der Waals surface area contributed by atoms with Gasteiger partial charge in [0.1, 0.15) is 5.75 Å². The number of alkyl halides is 3. The normalized spacial score (nSPS) is 21.1. The number of fused-ring (bicyclic) bond motifs is 2. The van der Waals surface area contributed by atoms with Crippen LogP contribution in [0.5, 0.6) is 5.75 Å². The Balaban J connectivity index is 0.000000321. The van der Waals surface area contributed by atoms with E-state index in [4.69, 9.17) is 5.11 Å². The molecule has 2 aliphatic heterocycles. The number of nitrogens with zero attached hydrogens (tertiary/aromatic N) is 4. The van der Waals surface area contributed by atoms with Gasteiger partial charge in [0.15, 0.2) is 5.69 Å². The number of amides is 1. The number of halogens is 3. The van der Waals surface area contributed by atoms with Crippen LogP contribution >= 0.6 is 0 Å². The van der Waals surface area contributed by atoms with Gasteiger partial charge in [0.2, 0.25) is 5.91 Å². The Labute approximate surface area is 235 Å². The third-order valence-corrected chi connectivity index (χ3v) is 7.76. The summed E-state index contributed by atoms with van der Waals surface area (Å²) in [6.45, 7) is 5.12. The predicted molar refractivity (Wildman–Crippen MR) is 143 cm³/mol. The van der Waals surface area contributed by atoms with E-state index in [-0.39, 0.29) is 17.4 Å². The van der Waals surface area contributed by atoms with Crippen molar-refractivity contribution in [2.75, 3.05) is 26.2 Å². The van der Waals surface area contributed by atoms with Crippen LogP contribution in [0.25, 0.3) is 0 Å². The first-order chi connectivity index (χ1) is 19.6. The highest BCUT2D eigenvalue weighted by Crippen LogP contribution is 2.51. The second kappa shape index (κ2) is 11.9. The molecule has 9 nitrogen and oxygen atoms in total. The number of hydrogen-bond acceptors (Lipinski definition) is 6. The van der Waals surface area contributed by atoms with Crippen LogP contribution in [0.15, 0.2) is 61.1 Å². The van der Waals surface area contributed by atoms with Gasteiger partial charge in [0.05, 0.1) is 12.9 Å². The van der Waals surface area contributed by atoms with Gasteiger partial charge in [-0.05, 0) is 53.1 Å². The first-order valence-corrected chi connectivity index (χ1v) is 13.4. The lowest BCUT2D eigenvalue weighted by Crippen LogP contribution is -2.38. The fourth-order valence-electron chi connectivity index (χ4n) is 5.73. The molecular formula is C29H32F3N5O4. The van der Waals surface area contributed by atoms with Crippen LogP contribution in [-0.4, -0.2) is 68.9 Å². The van der Waals surface area contributed by atoms with Crippen molar-refractivity contribution in [2.24, 2.45) is 24.8 Å². The SMILES string of the molecule is Cn1cnc(C(=O)O)c1.O=C(CN1CC2C(CNCc3cccc(OC(F)(F)F)c3)C2C1)N1Cc2ccccc2C1. The van der Waals surface area contributed by atoms with Gasteiger partial charge < -0.3 is 24.6 Å². The Morgan fingerprint density at radius 2 is 1.76 bits per heavy atom. The summed E-state index contributed by atoms with van der Waals surface area (Å²) >= 11 is 0. The van der Waals surface area contributed by atoms with E-state index in [2.05, 4.69) is 32.1 Å². The average Bonchev–Trinajstić information content (AvgIpc) is 3.35. The van der Waals surface area contributed by atoms with Gasteiger partial charge in [-0.2, -0.15) is 0 Å². The molecule has 3 aliphatic rings. The number of likely N-dealkylation sites (tertiary alicyclic amines) is 1. The van der Waals surface area contributed by atoms with Crippen LogP contribution < -0.4 is 10.1 Å². The maximum Gasteiger partial charge on any atom is 0.573 e. The zero-order chi connectivity index (χ0) is 29.1. The number of imidazole rings is 1. The van der Waals surface area contributed by atoms with Crippen molar-refractivity contribution < 1.29 is 32.6 Å². The summed E-state index contributed by atoms with van der Waals surface area (Å²) in [6, 6.07) is 14.3. The van der Waals surface area contributed by atoms with Gasteiger partial charge in [-0.25, -0.2) is 9.78 Å². The van der Waals surface area contributed by atoms with Gasteiger partial charge in [-0.1, -0.05) is 36.4 Å². The number of aromatic carboxylic acids is 1. The maximum absolute atomic E-state index is 12.7. The smallest absolute Gasteiger partial charge is 0.476 e. The molecule has 2 atom stereocenters. The minimum absolute atomic E-state index is 0.0810. The number of piperidine rings is 1. The minimum Gasteiger partial charge on any atom is -0.476 e. The number of aryl methyl sites for hydroxylation is 1. The molecular weight excluding hydrogens is 539 g/mol. The molecule has 0 spiro atoms. The van der Waals surface area contributed by atoms with Crippen LogP contribution in [-0.2, 0) is 31.5 Å². The van der Waals surface area contributed by atoms with Crippen molar-refractivity contribution in [3.8, 4) is 5.75 Å². The predicted octanol–water partition coefficient (Wildman–Crippen LogP) is 3.51. The fourth-order valence-corrected chi connectivity index (χ4v) is 5.73. The first kappa shape index (κ1) is 28.6. The molecule has 1 amide bonds. The lowest BCUT2D eigenvalue weighted by atomic mass is 10.1. The van der Waals surface area contributed by atoms with E-state index in [1.54, 1.807) is 23.7 Å². The Kier molecular flexibility index (Phi) is 8.32. The number of hydrogen-bond donors (Lipinski definition) is 2. The molecule has 0 bridgehead atoms. The zero-order valence-corrected chi connectivity index (χ0v) is 22.6. The number of carbonyl (C=O) groups excluding carboxylic acids is 1. The molecule has 2 fully saturated rings. The summed E-state index contributed by atoms with van der Waals surface area (Å²) in [5.74, 6) is 0.791. The van der Waals surface area contributed by atoms with Crippen molar-refractivity contribution in [1.29, 1.82) is 0 Å². The molecule has 1 aromatic heterocycles. The van der Waals surface area contributed by atoms with E-state index in [1.807, 2.05) is 17.0 Å². The summed E-state index contributed by atoms with van der Waals surface area (Å²) < 4.78 is 42.7. The molecule has 3 aromatic rings. The Morgan fingerprint density at radius 3 is 2.32 bits per heavy atom. The van der Waals surface area contributed by atoms with E-state index < -0.39 is 12.3 Å². The van der Waals surface area contributed by atoms with Gasteiger partial charge in [0, 0.05) is 46.0 Å². The van der Waals surface area contributed by atoms with Crippen molar-refractivity contribution in [3.63, 3.8) is 0 Å². The molecule has 2 N–H and O–H groups in total. The van der Waals surface area contributed by atoms with Crippen LogP contribution in [0, 0.1) is 17.8 Å². The molecule has 1 saturated carbocycles. The number of carboxylic acid groups (broad SMARTS) is 1. The third-order valence-electron chi connectivity index (χ3n) is 7.76. The second-order valence-corrected chi connectivity index (χ2v) is 10.8. The monoisotopic (exact) mass is 571 g/mol. The molecule has 6 rings (SSSR count). The van der Waals surface area contributed by atoms with E-state index in [0.717, 1.165) is 25.2 Å². The molecule has 218 valence electrons. The lowest BCUT2D eigenvalue weighted by Gasteiger charge is -2.23. The number of ether oxygens (including phenoxy) is 1. The number of nitrogens with one attached hydrogen (secondary N) is 1. The molecule has 2 unspecified atom stereocenters. The van der Waals surface area contributed by atoms with E-state index in [0.29, 0.717) is 43.9 Å². The highest BCUT2D eigenvalue weighted by Gasteiger charge is 2.55. The Hall–Kier alpha value is -3.90. The number of aromatic nitrogens is 2. The van der Waals surface area contributed by atoms with Gasteiger partial charge in [0.25, 0.3) is 0 Å². The standard InChI is InChI=1S/C24H26F3N3O2.C5H6N2O2/c25-24(26,27)32-19-7-3-4-16(8-19)9-28-10-20-21-13-29(14-22(20)21)15-23(31)30-11-17-5-1-2-6-18(17)12-30;1-7-2-4(5(8)9)6-3-7/h1-8,20-22,28H,9-15H2;2-3H,1H3,(H,8,9). The third kappa shape index (κ3) is 7.44. The Morgan fingerprint density at radius 1 is 1.07 bits per heavy atom. The second-order valence-electron chi connectivity index (χ2n) is 10.8. The number of carboxylic acids is 1. The highest BCUT2D eigenvalue weighted by atomic mass is 19.4. The topological polar surface area (TPSA) is 99.9 Å². The molecule has 12 heteroatoms. The van der Waals surface area contributed by atoms with Crippen LogP contribution in [0.1, 0.15) is 27.2 Å². The molecule has 41 heavy (non-hydrogen) atoms. The summed E-state index contributed by atoms with van der Waals surface area (Å²) in [5, 5.41) is 11.7. The van der Waals surface area contributed by atoms with Gasteiger partial charge >= 0.3 is 12.3 Å². The number of benzene rings is 2. The molecule has 0 radical (unpaired) electrons. The summed E-state index contributed by atoms with van der Waals surface area (Å²) in [4.78, 5) is 30.6. The molecule has 1 aliphatic carbocycles. The first-order valence-electron chi connectivity index (χ1n) is 13.4. The van der Waals surface area contributed by atoms with E-state index in [1.165, 1.54) is 35.8 Å². The average molecular weight is 572 g/mol. The largest absolute Gasteiger partial charge is 0.573 e. The lowest BCUT2D eigenvalue weighted by molar-refractivity contribution is -0.274. The minimum atomic E-state index is -4.68. The highest BCUT2D eigenvalue weighted by molar-refractivity contribution is 5.84. The van der Waals surface area contributed by atoms with Crippen molar-refractivity contribution in [1.82, 2.24) is 24.7 Å². The van der Waals surface area contributed by atoms with Crippen LogP contribution in [0.2, 0.25) is 0 Å². The van der Waals surface area contributed by atoms with Gasteiger partial charge in [-0.3, -0.25) is 9.69 Å². The zero-order valence-electron chi connectivity index (χ0n) is 22.6. The fraction of sp³-hybridized carbons (Fsp3) is 0.414. The summed E-state index contributed by atoms with van der Waals surface area (Å²) in [6.07, 6.45) is -1.78. The maximum atomic E-state index is 12.7. The van der Waals surface area contributed by atoms with E-state index in [9.17, 15) is 22.8 Å². The van der Waals surface area contributed by atoms with Crippen molar-refractivity contribution in [2.45, 2.75) is 26.0 Å². The number of carbonyl (C=O) groups is 2.